The van der Waals surface area contributed by atoms with Crippen LogP contribution < -0.4 is 10.9 Å². The second-order valence-corrected chi connectivity index (χ2v) is 6.79. The molecule has 2 aromatic rings. The third-order valence-electron chi connectivity index (χ3n) is 4.56. The Hall–Kier alpha value is -1.85. The molecule has 2 N–H and O–H groups in total. The monoisotopic (exact) mass is 347 g/mol. The van der Waals surface area contributed by atoms with Crippen molar-refractivity contribution >= 4 is 17.3 Å². The van der Waals surface area contributed by atoms with E-state index in [1.165, 1.54) is 10.9 Å². The molecule has 128 valence electrons. The first-order valence-electron chi connectivity index (χ1n) is 8.39. The molecule has 1 aliphatic carbocycles. The number of benzene rings is 1. The van der Waals surface area contributed by atoms with Crippen molar-refractivity contribution in [1.82, 2.24) is 9.78 Å². The highest BCUT2D eigenvalue weighted by Crippen LogP contribution is 2.28. The molecular formula is C18H22ClN3O2. The Morgan fingerprint density at radius 3 is 2.50 bits per heavy atom. The van der Waals surface area contributed by atoms with Crippen LogP contribution in [0.5, 0.6) is 0 Å². The van der Waals surface area contributed by atoms with Crippen LogP contribution in [0.15, 0.2) is 41.3 Å². The second-order valence-electron chi connectivity index (χ2n) is 6.42. The van der Waals surface area contributed by atoms with Gasteiger partial charge in [0.25, 0.3) is 5.56 Å². The number of nitrogens with one attached hydrogen (secondary N) is 1. The van der Waals surface area contributed by atoms with E-state index in [1.54, 1.807) is 12.1 Å². The molecule has 0 unspecified atom stereocenters. The predicted octanol–water partition coefficient (Wildman–Crippen LogP) is 3.38. The summed E-state index contributed by atoms with van der Waals surface area (Å²) in [6.07, 6.45) is 7.46. The zero-order valence-corrected chi connectivity index (χ0v) is 14.3. The van der Waals surface area contributed by atoms with E-state index in [9.17, 15) is 9.90 Å². The van der Waals surface area contributed by atoms with E-state index in [0.717, 1.165) is 38.5 Å². The summed E-state index contributed by atoms with van der Waals surface area (Å²) < 4.78 is 1.27. The van der Waals surface area contributed by atoms with Crippen LogP contribution in [-0.2, 0) is 0 Å². The highest BCUT2D eigenvalue weighted by atomic mass is 35.5. The summed E-state index contributed by atoms with van der Waals surface area (Å²) in [7, 11) is 0. The Balaban J connectivity index is 1.78. The SMILES string of the molecule is O=c1c(Cl)c(NCC2(O)CCCCCC2)cnn1-c1ccccc1. The quantitative estimate of drug-likeness (QED) is 0.832. The van der Waals surface area contributed by atoms with Crippen LogP contribution in [0.25, 0.3) is 5.69 Å². The third kappa shape index (κ3) is 3.79. The fraction of sp³-hybridized carbons (Fsp3) is 0.444. The Morgan fingerprint density at radius 2 is 1.83 bits per heavy atom. The number of nitrogens with zero attached hydrogens (tertiary/aromatic N) is 2. The van der Waals surface area contributed by atoms with Crippen LogP contribution in [0.2, 0.25) is 5.02 Å². The zero-order chi connectivity index (χ0) is 17.0. The standard InChI is InChI=1S/C18H22ClN3O2/c19-16-15(20-13-18(24)10-6-1-2-7-11-18)12-21-22(17(16)23)14-8-4-3-5-9-14/h3-5,8-9,12,20,24H,1-2,6-7,10-11,13H2. The molecule has 0 atom stereocenters. The molecule has 1 aromatic heterocycles. The highest BCUT2D eigenvalue weighted by Gasteiger charge is 2.28. The molecule has 0 radical (unpaired) electrons. The van der Waals surface area contributed by atoms with E-state index in [4.69, 9.17) is 11.6 Å². The summed E-state index contributed by atoms with van der Waals surface area (Å²) >= 11 is 6.23. The van der Waals surface area contributed by atoms with Gasteiger partial charge >= 0.3 is 0 Å². The maximum absolute atomic E-state index is 12.4. The van der Waals surface area contributed by atoms with Gasteiger partial charge < -0.3 is 10.4 Å². The largest absolute Gasteiger partial charge is 0.388 e. The van der Waals surface area contributed by atoms with Crippen molar-refractivity contribution in [2.45, 2.75) is 44.1 Å². The normalized spacial score (nSPS) is 17.2. The molecule has 0 spiro atoms. The fourth-order valence-corrected chi connectivity index (χ4v) is 3.33. The van der Waals surface area contributed by atoms with Crippen LogP contribution in [0.1, 0.15) is 38.5 Å². The molecule has 1 saturated carbocycles. The molecule has 1 aliphatic rings. The van der Waals surface area contributed by atoms with Crippen molar-refractivity contribution < 1.29 is 5.11 Å². The average molecular weight is 348 g/mol. The van der Waals surface area contributed by atoms with Gasteiger partial charge in [0.2, 0.25) is 0 Å². The molecule has 6 heteroatoms. The Morgan fingerprint density at radius 1 is 1.17 bits per heavy atom. The highest BCUT2D eigenvalue weighted by molar-refractivity contribution is 6.32. The molecular weight excluding hydrogens is 326 g/mol. The van der Waals surface area contributed by atoms with Gasteiger partial charge in [-0.05, 0) is 25.0 Å². The van der Waals surface area contributed by atoms with Crippen LogP contribution in [0.4, 0.5) is 5.69 Å². The number of aliphatic hydroxyl groups is 1. The van der Waals surface area contributed by atoms with Crippen LogP contribution >= 0.6 is 11.6 Å². The molecule has 1 heterocycles. The molecule has 0 amide bonds. The van der Waals surface area contributed by atoms with E-state index >= 15 is 0 Å². The second kappa shape index (κ2) is 7.36. The first-order chi connectivity index (χ1) is 11.6. The summed E-state index contributed by atoms with van der Waals surface area (Å²) in [4.78, 5) is 12.4. The number of anilines is 1. The van der Waals surface area contributed by atoms with Gasteiger partial charge in [-0.25, -0.2) is 0 Å². The van der Waals surface area contributed by atoms with E-state index in [2.05, 4.69) is 10.4 Å². The van der Waals surface area contributed by atoms with Crippen molar-refractivity contribution in [2.24, 2.45) is 0 Å². The average Bonchev–Trinajstić information content (AvgIpc) is 2.82. The summed E-state index contributed by atoms with van der Waals surface area (Å²) in [6.45, 7) is 0.378. The van der Waals surface area contributed by atoms with Gasteiger partial charge in [-0.3, -0.25) is 4.79 Å². The number of aromatic nitrogens is 2. The Labute approximate surface area is 146 Å². The molecule has 1 fully saturated rings. The lowest BCUT2D eigenvalue weighted by Gasteiger charge is -2.27. The van der Waals surface area contributed by atoms with E-state index in [0.29, 0.717) is 17.9 Å². The molecule has 0 saturated heterocycles. The van der Waals surface area contributed by atoms with Crippen LogP contribution in [0, 0.1) is 0 Å². The maximum atomic E-state index is 12.4. The van der Waals surface area contributed by atoms with Gasteiger partial charge in [-0.1, -0.05) is 55.5 Å². The van der Waals surface area contributed by atoms with Crippen molar-refractivity contribution in [3.05, 3.63) is 51.9 Å². The minimum absolute atomic E-state index is 0.0890. The van der Waals surface area contributed by atoms with Gasteiger partial charge in [0.05, 0.1) is 23.2 Å². The molecule has 1 aromatic carbocycles. The van der Waals surface area contributed by atoms with Crippen molar-refractivity contribution in [3.8, 4) is 5.69 Å². The number of halogens is 1. The van der Waals surface area contributed by atoms with Gasteiger partial charge in [-0.15, -0.1) is 0 Å². The van der Waals surface area contributed by atoms with Gasteiger partial charge in [0, 0.05) is 6.54 Å². The molecule has 3 rings (SSSR count). The molecule has 5 nitrogen and oxygen atoms in total. The number of para-hydroxylation sites is 1. The third-order valence-corrected chi connectivity index (χ3v) is 4.93. The lowest BCUT2D eigenvalue weighted by atomic mass is 9.94. The van der Waals surface area contributed by atoms with Crippen LogP contribution in [-0.4, -0.2) is 27.0 Å². The lowest BCUT2D eigenvalue weighted by molar-refractivity contribution is 0.0381. The van der Waals surface area contributed by atoms with Gasteiger partial charge in [0.15, 0.2) is 0 Å². The minimum atomic E-state index is -0.742. The Kier molecular flexibility index (Phi) is 5.21. The summed E-state index contributed by atoms with van der Waals surface area (Å²) in [5.41, 5.74) is 0.0132. The lowest BCUT2D eigenvalue weighted by Crippen LogP contribution is -2.36. The van der Waals surface area contributed by atoms with Gasteiger partial charge in [0.1, 0.15) is 5.02 Å². The number of hydrogen-bond acceptors (Lipinski definition) is 4. The van der Waals surface area contributed by atoms with E-state index < -0.39 is 5.60 Å². The van der Waals surface area contributed by atoms with Gasteiger partial charge in [-0.2, -0.15) is 9.78 Å². The summed E-state index contributed by atoms with van der Waals surface area (Å²) in [5, 5.41) is 18.1. The molecule has 0 bridgehead atoms. The van der Waals surface area contributed by atoms with Crippen molar-refractivity contribution in [2.75, 3.05) is 11.9 Å². The van der Waals surface area contributed by atoms with Crippen molar-refractivity contribution in [1.29, 1.82) is 0 Å². The fourth-order valence-electron chi connectivity index (χ4n) is 3.13. The molecule has 0 aliphatic heterocycles. The smallest absolute Gasteiger partial charge is 0.292 e. The zero-order valence-electron chi connectivity index (χ0n) is 13.5. The topological polar surface area (TPSA) is 67.2 Å². The van der Waals surface area contributed by atoms with E-state index in [1.807, 2.05) is 18.2 Å². The predicted molar refractivity (Wildman–Crippen MR) is 96.0 cm³/mol. The van der Waals surface area contributed by atoms with Crippen molar-refractivity contribution in [3.63, 3.8) is 0 Å². The summed E-state index contributed by atoms with van der Waals surface area (Å²) in [5.74, 6) is 0. The minimum Gasteiger partial charge on any atom is -0.388 e. The number of hydrogen-bond donors (Lipinski definition) is 2. The Bertz CT molecular complexity index is 738. The first-order valence-corrected chi connectivity index (χ1v) is 8.76. The maximum Gasteiger partial charge on any atom is 0.292 e. The molecule has 24 heavy (non-hydrogen) atoms. The van der Waals surface area contributed by atoms with E-state index in [-0.39, 0.29) is 10.6 Å². The first kappa shape index (κ1) is 17.0. The number of rotatable bonds is 4. The summed E-state index contributed by atoms with van der Waals surface area (Å²) in [6, 6.07) is 9.15. The van der Waals surface area contributed by atoms with Crippen LogP contribution in [0.3, 0.4) is 0 Å².